The summed E-state index contributed by atoms with van der Waals surface area (Å²) in [6.45, 7) is 8.27. The zero-order valence-electron chi connectivity index (χ0n) is 16.7. The van der Waals surface area contributed by atoms with Crippen molar-refractivity contribution in [2.45, 2.75) is 45.7 Å². The molecule has 3 aromatic rings. The first-order valence-electron chi connectivity index (χ1n) is 9.42. The number of aryl methyl sites for hydroxylation is 4. The van der Waals surface area contributed by atoms with E-state index in [1.165, 1.54) is 17.3 Å². The van der Waals surface area contributed by atoms with Crippen molar-refractivity contribution in [1.82, 2.24) is 20.2 Å². The highest BCUT2D eigenvalue weighted by Crippen LogP contribution is 2.24. The van der Waals surface area contributed by atoms with Crippen molar-refractivity contribution < 1.29 is 4.79 Å². The van der Waals surface area contributed by atoms with Crippen LogP contribution in [0.1, 0.15) is 36.1 Å². The molecule has 146 valence electrons. The van der Waals surface area contributed by atoms with Crippen LogP contribution in [0.15, 0.2) is 41.6 Å². The van der Waals surface area contributed by atoms with Crippen LogP contribution in [-0.2, 0) is 17.6 Å². The first kappa shape index (κ1) is 20.1. The number of hydrogen-bond acceptors (Lipinski definition) is 5. The summed E-state index contributed by atoms with van der Waals surface area (Å²) >= 11 is 1.33. The Balaban J connectivity index is 1.73. The number of carbonyl (C=O) groups excluding carboxylic acids is 1. The number of nitrogens with one attached hydrogen (secondary N) is 1. The molecular weight excluding hydrogens is 370 g/mol. The van der Waals surface area contributed by atoms with Gasteiger partial charge in [0, 0.05) is 5.69 Å². The first-order valence-corrected chi connectivity index (χ1v) is 10.4. The lowest BCUT2D eigenvalue weighted by Crippen LogP contribution is -2.17. The standard InChI is InChI=1S/C21H25N5OS/c1-5-16-8-7-9-17(6-2)20(16)22-19(27)13-28-21-23-24-25-26(21)18-11-10-14(3)12-15(18)4/h7-12H,5-6,13H2,1-4H3,(H,22,27). The molecule has 7 heteroatoms. The van der Waals surface area contributed by atoms with Crippen LogP contribution in [0.3, 0.4) is 0 Å². The molecule has 0 saturated heterocycles. The molecule has 1 aromatic heterocycles. The van der Waals surface area contributed by atoms with Crippen molar-refractivity contribution >= 4 is 23.4 Å². The lowest BCUT2D eigenvalue weighted by molar-refractivity contribution is -0.113. The number of para-hydroxylation sites is 1. The lowest BCUT2D eigenvalue weighted by Gasteiger charge is -2.14. The predicted octanol–water partition coefficient (Wildman–Crippen LogP) is 4.13. The quantitative estimate of drug-likeness (QED) is 0.609. The summed E-state index contributed by atoms with van der Waals surface area (Å²) in [4.78, 5) is 12.6. The number of carbonyl (C=O) groups is 1. The van der Waals surface area contributed by atoms with Gasteiger partial charge in [0.2, 0.25) is 11.1 Å². The zero-order valence-corrected chi connectivity index (χ0v) is 17.5. The Bertz CT molecular complexity index is 960. The van der Waals surface area contributed by atoms with Gasteiger partial charge in [0.15, 0.2) is 0 Å². The van der Waals surface area contributed by atoms with Gasteiger partial charge in [-0.15, -0.1) is 5.10 Å². The van der Waals surface area contributed by atoms with E-state index >= 15 is 0 Å². The third kappa shape index (κ3) is 4.42. The molecule has 1 heterocycles. The Hall–Kier alpha value is -2.67. The minimum absolute atomic E-state index is 0.0595. The average molecular weight is 396 g/mol. The SMILES string of the molecule is CCc1cccc(CC)c1NC(=O)CSc1nnnn1-c1ccc(C)cc1C. The molecule has 1 N–H and O–H groups in total. The van der Waals surface area contributed by atoms with Gasteiger partial charge in [-0.25, -0.2) is 0 Å². The van der Waals surface area contributed by atoms with Gasteiger partial charge >= 0.3 is 0 Å². The van der Waals surface area contributed by atoms with Gasteiger partial charge in [-0.1, -0.05) is 61.5 Å². The van der Waals surface area contributed by atoms with E-state index in [1.807, 2.05) is 25.1 Å². The molecule has 0 bridgehead atoms. The summed E-state index contributed by atoms with van der Waals surface area (Å²) in [5, 5.41) is 15.7. The van der Waals surface area contributed by atoms with Gasteiger partial charge < -0.3 is 5.32 Å². The summed E-state index contributed by atoms with van der Waals surface area (Å²) in [5.41, 5.74) is 6.43. The van der Waals surface area contributed by atoms with E-state index in [1.54, 1.807) is 4.68 Å². The number of benzene rings is 2. The van der Waals surface area contributed by atoms with Crippen LogP contribution < -0.4 is 5.32 Å². The molecule has 0 aliphatic rings. The van der Waals surface area contributed by atoms with E-state index in [9.17, 15) is 4.79 Å². The second kappa shape index (κ2) is 9.01. The number of hydrogen-bond donors (Lipinski definition) is 1. The van der Waals surface area contributed by atoms with Crippen LogP contribution in [0.4, 0.5) is 5.69 Å². The third-order valence-electron chi connectivity index (χ3n) is 4.62. The van der Waals surface area contributed by atoms with E-state index in [4.69, 9.17) is 0 Å². The Morgan fingerprint density at radius 2 is 1.82 bits per heavy atom. The molecular formula is C21H25N5OS. The number of nitrogens with zero attached hydrogens (tertiary/aromatic N) is 4. The fourth-order valence-electron chi connectivity index (χ4n) is 3.17. The summed E-state index contributed by atoms with van der Waals surface area (Å²) in [5.74, 6) is 0.183. The van der Waals surface area contributed by atoms with Crippen LogP contribution in [0.25, 0.3) is 5.69 Å². The monoisotopic (exact) mass is 395 g/mol. The maximum absolute atomic E-state index is 12.6. The molecule has 0 unspecified atom stereocenters. The minimum Gasteiger partial charge on any atom is -0.325 e. The highest BCUT2D eigenvalue weighted by Gasteiger charge is 2.15. The van der Waals surface area contributed by atoms with Crippen molar-refractivity contribution in [2.75, 3.05) is 11.1 Å². The van der Waals surface area contributed by atoms with Crippen LogP contribution >= 0.6 is 11.8 Å². The van der Waals surface area contributed by atoms with Crippen molar-refractivity contribution in [3.8, 4) is 5.69 Å². The van der Waals surface area contributed by atoms with Crippen molar-refractivity contribution in [1.29, 1.82) is 0 Å². The number of amides is 1. The van der Waals surface area contributed by atoms with Gasteiger partial charge in [0.1, 0.15) is 0 Å². The van der Waals surface area contributed by atoms with Gasteiger partial charge in [0.25, 0.3) is 0 Å². The second-order valence-electron chi connectivity index (χ2n) is 6.66. The van der Waals surface area contributed by atoms with E-state index in [0.29, 0.717) is 5.16 Å². The first-order chi connectivity index (χ1) is 13.5. The normalized spacial score (nSPS) is 10.9. The minimum atomic E-state index is -0.0595. The largest absolute Gasteiger partial charge is 0.325 e. The van der Waals surface area contributed by atoms with Gasteiger partial charge in [-0.3, -0.25) is 4.79 Å². The topological polar surface area (TPSA) is 72.7 Å². The molecule has 28 heavy (non-hydrogen) atoms. The highest BCUT2D eigenvalue weighted by molar-refractivity contribution is 7.99. The summed E-state index contributed by atoms with van der Waals surface area (Å²) in [6.07, 6.45) is 1.75. The van der Waals surface area contributed by atoms with Gasteiger partial charge in [-0.05, 0) is 59.9 Å². The fraction of sp³-hybridized carbons (Fsp3) is 0.333. The molecule has 1 amide bonds. The summed E-state index contributed by atoms with van der Waals surface area (Å²) in [7, 11) is 0. The summed E-state index contributed by atoms with van der Waals surface area (Å²) in [6, 6.07) is 12.3. The fourth-order valence-corrected chi connectivity index (χ4v) is 3.86. The predicted molar refractivity (Wildman–Crippen MR) is 113 cm³/mol. The number of rotatable bonds is 7. The van der Waals surface area contributed by atoms with Crippen molar-refractivity contribution in [3.05, 3.63) is 58.7 Å². The Labute approximate surface area is 169 Å². The Morgan fingerprint density at radius 3 is 2.46 bits per heavy atom. The molecule has 0 aliphatic heterocycles. The van der Waals surface area contributed by atoms with Crippen molar-refractivity contribution in [3.63, 3.8) is 0 Å². The molecule has 0 aliphatic carbocycles. The maximum atomic E-state index is 12.6. The molecule has 3 rings (SSSR count). The average Bonchev–Trinajstić information content (AvgIpc) is 3.14. The van der Waals surface area contributed by atoms with E-state index in [0.717, 1.165) is 40.9 Å². The Kier molecular flexibility index (Phi) is 6.46. The molecule has 0 fully saturated rings. The second-order valence-corrected chi connectivity index (χ2v) is 7.60. The molecule has 0 atom stereocenters. The highest BCUT2D eigenvalue weighted by atomic mass is 32.2. The Morgan fingerprint density at radius 1 is 1.11 bits per heavy atom. The van der Waals surface area contributed by atoms with Crippen LogP contribution in [-0.4, -0.2) is 31.9 Å². The number of tetrazole rings is 1. The smallest absolute Gasteiger partial charge is 0.234 e. The third-order valence-corrected chi connectivity index (χ3v) is 5.54. The van der Waals surface area contributed by atoms with E-state index in [2.05, 4.69) is 59.8 Å². The molecule has 2 aromatic carbocycles. The van der Waals surface area contributed by atoms with Gasteiger partial charge in [0.05, 0.1) is 11.4 Å². The number of anilines is 1. The van der Waals surface area contributed by atoms with Crippen LogP contribution in [0.2, 0.25) is 0 Å². The van der Waals surface area contributed by atoms with Gasteiger partial charge in [-0.2, -0.15) is 4.68 Å². The van der Waals surface area contributed by atoms with Crippen LogP contribution in [0, 0.1) is 13.8 Å². The number of thioether (sulfide) groups is 1. The molecule has 0 radical (unpaired) electrons. The van der Waals surface area contributed by atoms with Crippen LogP contribution in [0.5, 0.6) is 0 Å². The lowest BCUT2D eigenvalue weighted by atomic mass is 10.0. The van der Waals surface area contributed by atoms with Crippen molar-refractivity contribution in [2.24, 2.45) is 0 Å². The van der Waals surface area contributed by atoms with E-state index in [-0.39, 0.29) is 11.7 Å². The zero-order chi connectivity index (χ0) is 20.1. The molecule has 0 spiro atoms. The summed E-state index contributed by atoms with van der Waals surface area (Å²) < 4.78 is 1.68. The maximum Gasteiger partial charge on any atom is 0.234 e. The number of aromatic nitrogens is 4. The van der Waals surface area contributed by atoms with E-state index < -0.39 is 0 Å². The molecule has 0 saturated carbocycles. The molecule has 6 nitrogen and oxygen atoms in total.